The minimum absolute atomic E-state index is 0.233. The van der Waals surface area contributed by atoms with Gasteiger partial charge in [-0.25, -0.2) is 8.78 Å². The third-order valence-corrected chi connectivity index (χ3v) is 1.48. The molecule has 0 aromatic heterocycles. The number of carbonyl (C=O) groups excluding carboxylic acids is 1. The first-order valence-corrected chi connectivity index (χ1v) is 4.33. The topological polar surface area (TPSA) is 29.1 Å². The standard InChI is InChI=1S/C6H10BrF2NO/c1-4(6(8)9)10-5(11)2-3-7/h4,6H,2-3H2,1H3,(H,10,11). The number of nitrogens with one attached hydrogen (secondary N) is 1. The molecule has 2 nitrogen and oxygen atoms in total. The van der Waals surface area contributed by atoms with Gasteiger partial charge in [-0.15, -0.1) is 0 Å². The highest BCUT2D eigenvalue weighted by Gasteiger charge is 2.15. The van der Waals surface area contributed by atoms with Crippen LogP contribution in [-0.2, 0) is 4.79 Å². The molecule has 0 saturated carbocycles. The summed E-state index contributed by atoms with van der Waals surface area (Å²) in [5, 5.41) is 2.66. The second-order valence-corrected chi connectivity index (χ2v) is 2.92. The van der Waals surface area contributed by atoms with E-state index in [1.165, 1.54) is 6.92 Å². The summed E-state index contributed by atoms with van der Waals surface area (Å²) in [6.07, 6.45) is -2.26. The number of amides is 1. The second kappa shape index (κ2) is 5.46. The van der Waals surface area contributed by atoms with Gasteiger partial charge in [-0.3, -0.25) is 4.79 Å². The smallest absolute Gasteiger partial charge is 0.258 e. The van der Waals surface area contributed by atoms with Crippen molar-refractivity contribution in [3.63, 3.8) is 0 Å². The van der Waals surface area contributed by atoms with Crippen LogP contribution in [0.4, 0.5) is 8.78 Å². The number of hydrogen-bond acceptors (Lipinski definition) is 1. The Morgan fingerprint density at radius 3 is 2.55 bits per heavy atom. The maximum absolute atomic E-state index is 11.8. The van der Waals surface area contributed by atoms with Crippen molar-refractivity contribution < 1.29 is 13.6 Å². The summed E-state index contributed by atoms with van der Waals surface area (Å²) in [6.45, 7) is 1.27. The van der Waals surface area contributed by atoms with Crippen LogP contribution in [0.25, 0.3) is 0 Å². The Labute approximate surface area is 72.5 Å². The molecule has 0 spiro atoms. The van der Waals surface area contributed by atoms with Gasteiger partial charge in [-0.05, 0) is 6.92 Å². The minimum atomic E-state index is -2.49. The van der Waals surface area contributed by atoms with Gasteiger partial charge in [0.1, 0.15) is 0 Å². The van der Waals surface area contributed by atoms with Crippen LogP contribution < -0.4 is 5.32 Å². The molecule has 1 unspecified atom stereocenters. The van der Waals surface area contributed by atoms with E-state index in [-0.39, 0.29) is 12.3 Å². The van der Waals surface area contributed by atoms with E-state index in [0.717, 1.165) is 0 Å². The van der Waals surface area contributed by atoms with Crippen molar-refractivity contribution in [3.8, 4) is 0 Å². The molecule has 0 aliphatic rings. The average Bonchev–Trinajstić information content (AvgIpc) is 1.87. The largest absolute Gasteiger partial charge is 0.348 e. The van der Waals surface area contributed by atoms with Gasteiger partial charge in [0.2, 0.25) is 5.91 Å². The summed E-state index contributed by atoms with van der Waals surface area (Å²) in [7, 11) is 0. The van der Waals surface area contributed by atoms with Crippen LogP contribution in [0.5, 0.6) is 0 Å². The monoisotopic (exact) mass is 229 g/mol. The molecule has 0 radical (unpaired) electrons. The number of alkyl halides is 3. The summed E-state index contributed by atoms with van der Waals surface area (Å²) in [5.41, 5.74) is 0. The zero-order chi connectivity index (χ0) is 8.85. The van der Waals surface area contributed by atoms with Gasteiger partial charge < -0.3 is 5.32 Å². The number of rotatable bonds is 4. The van der Waals surface area contributed by atoms with Gasteiger partial charge in [0.05, 0.1) is 6.04 Å². The van der Waals surface area contributed by atoms with Crippen LogP contribution in [0, 0.1) is 0 Å². The summed E-state index contributed by atoms with van der Waals surface area (Å²) in [6, 6.07) is -1.05. The van der Waals surface area contributed by atoms with E-state index in [1.54, 1.807) is 0 Å². The predicted molar refractivity (Wildman–Crippen MR) is 42.0 cm³/mol. The zero-order valence-electron chi connectivity index (χ0n) is 6.11. The SMILES string of the molecule is CC(NC(=O)CCBr)C(F)F. The Morgan fingerprint density at radius 2 is 2.18 bits per heavy atom. The molecule has 11 heavy (non-hydrogen) atoms. The average molecular weight is 230 g/mol. The molecule has 0 aromatic carbocycles. The van der Waals surface area contributed by atoms with Crippen LogP contribution in [-0.4, -0.2) is 23.7 Å². The van der Waals surface area contributed by atoms with Gasteiger partial charge in [-0.1, -0.05) is 15.9 Å². The van der Waals surface area contributed by atoms with E-state index in [0.29, 0.717) is 5.33 Å². The van der Waals surface area contributed by atoms with Crippen LogP contribution in [0.3, 0.4) is 0 Å². The molecular weight excluding hydrogens is 220 g/mol. The fraction of sp³-hybridized carbons (Fsp3) is 0.833. The van der Waals surface area contributed by atoms with Crippen molar-refractivity contribution in [2.45, 2.75) is 25.8 Å². The van der Waals surface area contributed by atoms with Crippen molar-refractivity contribution in [2.75, 3.05) is 5.33 Å². The van der Waals surface area contributed by atoms with Gasteiger partial charge >= 0.3 is 0 Å². The van der Waals surface area contributed by atoms with Gasteiger partial charge in [0.15, 0.2) is 0 Å². The highest BCUT2D eigenvalue weighted by molar-refractivity contribution is 9.09. The fourth-order valence-corrected chi connectivity index (χ4v) is 0.835. The van der Waals surface area contributed by atoms with Crippen molar-refractivity contribution in [3.05, 3.63) is 0 Å². The number of carbonyl (C=O) groups is 1. The van der Waals surface area contributed by atoms with Gasteiger partial charge in [0, 0.05) is 11.8 Å². The van der Waals surface area contributed by atoms with Crippen LogP contribution in [0.15, 0.2) is 0 Å². The number of halogens is 3. The Bertz CT molecular complexity index is 132. The van der Waals surface area contributed by atoms with Gasteiger partial charge in [-0.2, -0.15) is 0 Å². The maximum Gasteiger partial charge on any atom is 0.258 e. The highest BCUT2D eigenvalue weighted by Crippen LogP contribution is 1.99. The lowest BCUT2D eigenvalue weighted by Gasteiger charge is -2.11. The molecular formula is C6H10BrF2NO. The van der Waals surface area contributed by atoms with E-state index in [4.69, 9.17) is 0 Å². The Morgan fingerprint density at radius 1 is 1.64 bits per heavy atom. The molecule has 0 saturated heterocycles. The molecule has 1 N–H and O–H groups in total. The van der Waals surface area contributed by atoms with Crippen LogP contribution in [0.2, 0.25) is 0 Å². The Kier molecular flexibility index (Phi) is 5.36. The van der Waals surface area contributed by atoms with E-state index >= 15 is 0 Å². The molecule has 0 rings (SSSR count). The van der Waals surface area contributed by atoms with Crippen molar-refractivity contribution >= 4 is 21.8 Å². The van der Waals surface area contributed by atoms with E-state index in [9.17, 15) is 13.6 Å². The highest BCUT2D eigenvalue weighted by atomic mass is 79.9. The first kappa shape index (κ1) is 10.8. The lowest BCUT2D eigenvalue weighted by atomic mass is 10.3. The minimum Gasteiger partial charge on any atom is -0.348 e. The fourth-order valence-electron chi connectivity index (χ4n) is 0.475. The molecule has 1 atom stereocenters. The van der Waals surface area contributed by atoms with Crippen molar-refractivity contribution in [2.24, 2.45) is 0 Å². The number of hydrogen-bond donors (Lipinski definition) is 1. The molecule has 0 aliphatic carbocycles. The molecule has 66 valence electrons. The summed E-state index contributed by atoms with van der Waals surface area (Å²) in [5.74, 6) is -0.352. The third-order valence-electron chi connectivity index (χ3n) is 1.09. The van der Waals surface area contributed by atoms with E-state index in [2.05, 4.69) is 21.2 Å². The lowest BCUT2D eigenvalue weighted by molar-refractivity contribution is -0.122. The molecule has 5 heteroatoms. The molecule has 0 fully saturated rings. The predicted octanol–water partition coefficient (Wildman–Crippen LogP) is 1.54. The van der Waals surface area contributed by atoms with E-state index < -0.39 is 12.5 Å². The molecule has 1 amide bonds. The van der Waals surface area contributed by atoms with Crippen molar-refractivity contribution in [1.82, 2.24) is 5.32 Å². The summed E-state index contributed by atoms with van der Waals surface area (Å²) >= 11 is 3.03. The first-order chi connectivity index (χ1) is 5.07. The summed E-state index contributed by atoms with van der Waals surface area (Å²) in [4.78, 5) is 10.7. The molecule has 0 aromatic rings. The molecule has 0 aliphatic heterocycles. The molecule has 0 heterocycles. The van der Waals surface area contributed by atoms with Crippen molar-refractivity contribution in [1.29, 1.82) is 0 Å². The second-order valence-electron chi connectivity index (χ2n) is 2.13. The van der Waals surface area contributed by atoms with Crippen LogP contribution >= 0.6 is 15.9 Å². The van der Waals surface area contributed by atoms with Gasteiger partial charge in [0.25, 0.3) is 6.43 Å². The Hall–Kier alpha value is -0.190. The Balaban J connectivity index is 3.57. The molecule has 0 bridgehead atoms. The lowest BCUT2D eigenvalue weighted by Crippen LogP contribution is -2.37. The first-order valence-electron chi connectivity index (χ1n) is 3.21. The zero-order valence-corrected chi connectivity index (χ0v) is 7.70. The van der Waals surface area contributed by atoms with E-state index in [1.807, 2.05) is 0 Å². The third kappa shape index (κ3) is 5.12. The maximum atomic E-state index is 11.8. The normalized spacial score (nSPS) is 13.2. The summed E-state index contributed by atoms with van der Waals surface area (Å²) < 4.78 is 23.6. The quantitative estimate of drug-likeness (QED) is 0.729. The van der Waals surface area contributed by atoms with Crippen LogP contribution in [0.1, 0.15) is 13.3 Å².